The van der Waals surface area contributed by atoms with Gasteiger partial charge in [-0.2, -0.15) is 0 Å². The second-order valence-electron chi connectivity index (χ2n) is 7.33. The van der Waals surface area contributed by atoms with Gasteiger partial charge >= 0.3 is 0 Å². The zero-order valence-corrected chi connectivity index (χ0v) is 15.6. The molecule has 0 aliphatic carbocycles. The molecule has 2 aromatic heterocycles. The normalized spacial score (nSPS) is 18.4. The average molecular weight is 378 g/mol. The lowest BCUT2D eigenvalue weighted by molar-refractivity contribution is -0.138. The highest BCUT2D eigenvalue weighted by atomic mass is 16.5. The second-order valence-corrected chi connectivity index (χ2v) is 7.33. The first-order valence-corrected chi connectivity index (χ1v) is 9.65. The van der Waals surface area contributed by atoms with Crippen molar-refractivity contribution in [1.29, 1.82) is 0 Å². The molecule has 2 aliphatic rings. The van der Waals surface area contributed by atoms with Crippen LogP contribution in [-0.2, 0) is 11.2 Å². The first kappa shape index (κ1) is 17.1. The molecule has 0 unspecified atom stereocenters. The zero-order chi connectivity index (χ0) is 18.9. The van der Waals surface area contributed by atoms with Crippen LogP contribution in [0, 0.1) is 0 Å². The van der Waals surface area contributed by atoms with Gasteiger partial charge in [0, 0.05) is 63.1 Å². The van der Waals surface area contributed by atoms with E-state index in [0.29, 0.717) is 12.5 Å². The molecular weight excluding hydrogens is 356 g/mol. The average Bonchev–Trinajstić information content (AvgIpc) is 3.11. The number of para-hydroxylation sites is 1. The molecule has 1 aromatic carbocycles. The Balaban J connectivity index is 1.12. The summed E-state index contributed by atoms with van der Waals surface area (Å²) in [6, 6.07) is 9.94. The number of amides is 1. The van der Waals surface area contributed by atoms with Crippen LogP contribution < -0.4 is 4.90 Å². The Kier molecular flexibility index (Phi) is 4.40. The third-order valence-corrected chi connectivity index (χ3v) is 5.65. The van der Waals surface area contributed by atoms with Crippen molar-refractivity contribution in [2.45, 2.75) is 12.5 Å². The van der Waals surface area contributed by atoms with Crippen molar-refractivity contribution in [3.63, 3.8) is 0 Å². The Bertz CT molecular complexity index is 961. The molecular formula is C20H22N6O2. The number of aromatic nitrogens is 3. The van der Waals surface area contributed by atoms with Gasteiger partial charge in [0.25, 0.3) is 0 Å². The van der Waals surface area contributed by atoms with Crippen molar-refractivity contribution in [1.82, 2.24) is 24.9 Å². The number of benzene rings is 1. The van der Waals surface area contributed by atoms with Crippen molar-refractivity contribution in [2.24, 2.45) is 0 Å². The number of piperazine rings is 1. The van der Waals surface area contributed by atoms with E-state index < -0.39 is 0 Å². The van der Waals surface area contributed by atoms with E-state index in [-0.39, 0.29) is 5.91 Å². The zero-order valence-electron chi connectivity index (χ0n) is 15.6. The monoisotopic (exact) mass is 378 g/mol. The van der Waals surface area contributed by atoms with E-state index in [2.05, 4.69) is 24.9 Å². The molecule has 8 heteroatoms. The van der Waals surface area contributed by atoms with E-state index in [1.54, 1.807) is 12.4 Å². The maximum Gasteiger partial charge on any atom is 0.228 e. The standard InChI is InChI=1S/C20H22N6O2/c27-19(12-17-16-4-1-2-5-18(16)28-23-17)26-13-15(14-26)24-8-10-25(11-9-24)20-21-6-3-7-22-20/h1-7,15H,8-14H2. The Hall–Kier alpha value is -3.00. The second kappa shape index (κ2) is 7.20. The lowest BCUT2D eigenvalue weighted by atomic mass is 10.0. The van der Waals surface area contributed by atoms with Crippen molar-refractivity contribution >= 4 is 22.8 Å². The van der Waals surface area contributed by atoms with E-state index >= 15 is 0 Å². The number of carbonyl (C=O) groups excluding carboxylic acids is 1. The highest BCUT2D eigenvalue weighted by Gasteiger charge is 2.36. The van der Waals surface area contributed by atoms with Gasteiger partial charge < -0.3 is 14.3 Å². The van der Waals surface area contributed by atoms with E-state index in [1.165, 1.54) is 0 Å². The van der Waals surface area contributed by atoms with Gasteiger partial charge in [0.1, 0.15) is 5.69 Å². The minimum absolute atomic E-state index is 0.117. The minimum atomic E-state index is 0.117. The van der Waals surface area contributed by atoms with E-state index in [9.17, 15) is 4.79 Å². The highest BCUT2D eigenvalue weighted by molar-refractivity contribution is 5.86. The number of hydrogen-bond donors (Lipinski definition) is 0. The fourth-order valence-electron chi connectivity index (χ4n) is 3.95. The van der Waals surface area contributed by atoms with Crippen LogP contribution >= 0.6 is 0 Å². The molecule has 5 rings (SSSR count). The number of nitrogens with zero attached hydrogens (tertiary/aromatic N) is 6. The molecule has 0 spiro atoms. The number of anilines is 1. The molecule has 0 radical (unpaired) electrons. The van der Waals surface area contributed by atoms with Crippen LogP contribution in [0.2, 0.25) is 0 Å². The maximum absolute atomic E-state index is 12.6. The van der Waals surface area contributed by atoms with Gasteiger partial charge in [0.15, 0.2) is 5.58 Å². The maximum atomic E-state index is 12.6. The molecule has 8 nitrogen and oxygen atoms in total. The Morgan fingerprint density at radius 2 is 1.79 bits per heavy atom. The molecule has 1 amide bonds. The largest absolute Gasteiger partial charge is 0.356 e. The summed E-state index contributed by atoms with van der Waals surface area (Å²) in [7, 11) is 0. The third-order valence-electron chi connectivity index (χ3n) is 5.65. The fraction of sp³-hybridized carbons (Fsp3) is 0.400. The Labute approximate surface area is 162 Å². The quantitative estimate of drug-likeness (QED) is 0.675. The summed E-state index contributed by atoms with van der Waals surface area (Å²) in [5, 5.41) is 5.00. The number of rotatable bonds is 4. The summed E-state index contributed by atoms with van der Waals surface area (Å²) in [6.07, 6.45) is 3.85. The van der Waals surface area contributed by atoms with E-state index in [0.717, 1.165) is 61.9 Å². The first-order valence-electron chi connectivity index (χ1n) is 9.65. The minimum Gasteiger partial charge on any atom is -0.356 e. The first-order chi connectivity index (χ1) is 13.8. The van der Waals surface area contributed by atoms with Crippen LogP contribution in [-0.4, -0.2) is 76.1 Å². The topological polar surface area (TPSA) is 78.6 Å². The molecule has 0 atom stereocenters. The lowest BCUT2D eigenvalue weighted by Crippen LogP contribution is -2.64. The predicted molar refractivity (Wildman–Crippen MR) is 104 cm³/mol. The highest BCUT2D eigenvalue weighted by Crippen LogP contribution is 2.22. The van der Waals surface area contributed by atoms with Crippen LogP contribution in [0.4, 0.5) is 5.95 Å². The van der Waals surface area contributed by atoms with Crippen molar-refractivity contribution in [3.8, 4) is 0 Å². The van der Waals surface area contributed by atoms with Gasteiger partial charge in [-0.25, -0.2) is 9.97 Å². The Morgan fingerprint density at radius 1 is 1.04 bits per heavy atom. The molecule has 2 aliphatic heterocycles. The molecule has 28 heavy (non-hydrogen) atoms. The molecule has 3 aromatic rings. The van der Waals surface area contributed by atoms with Gasteiger partial charge in [-0.1, -0.05) is 17.3 Å². The number of carbonyl (C=O) groups is 1. The molecule has 4 heterocycles. The molecule has 0 bridgehead atoms. The van der Waals surface area contributed by atoms with E-state index in [1.807, 2.05) is 35.2 Å². The summed E-state index contributed by atoms with van der Waals surface area (Å²) in [5.41, 5.74) is 1.45. The number of hydrogen-bond acceptors (Lipinski definition) is 7. The van der Waals surface area contributed by atoms with Gasteiger partial charge in [0.2, 0.25) is 11.9 Å². The summed E-state index contributed by atoms with van der Waals surface area (Å²) < 4.78 is 5.30. The van der Waals surface area contributed by atoms with Gasteiger partial charge in [-0.05, 0) is 18.2 Å². The Morgan fingerprint density at radius 3 is 2.57 bits per heavy atom. The molecule has 0 N–H and O–H groups in total. The SMILES string of the molecule is O=C(Cc1noc2ccccc12)N1CC(N2CCN(c3ncccn3)CC2)C1. The number of fused-ring (bicyclic) bond motifs is 1. The van der Waals surface area contributed by atoms with Crippen LogP contribution in [0.5, 0.6) is 0 Å². The van der Waals surface area contributed by atoms with Gasteiger partial charge in [0.05, 0.1) is 6.42 Å². The molecule has 144 valence electrons. The smallest absolute Gasteiger partial charge is 0.228 e. The van der Waals surface area contributed by atoms with Crippen LogP contribution in [0.3, 0.4) is 0 Å². The molecule has 2 fully saturated rings. The van der Waals surface area contributed by atoms with Crippen LogP contribution in [0.15, 0.2) is 47.2 Å². The lowest BCUT2D eigenvalue weighted by Gasteiger charge is -2.48. The van der Waals surface area contributed by atoms with Crippen molar-refractivity contribution < 1.29 is 9.32 Å². The van der Waals surface area contributed by atoms with Crippen LogP contribution in [0.25, 0.3) is 11.0 Å². The molecule has 0 saturated carbocycles. The summed E-state index contributed by atoms with van der Waals surface area (Å²) in [6.45, 7) is 5.35. The summed E-state index contributed by atoms with van der Waals surface area (Å²) >= 11 is 0. The van der Waals surface area contributed by atoms with Crippen molar-refractivity contribution in [2.75, 3.05) is 44.2 Å². The third kappa shape index (κ3) is 3.20. The van der Waals surface area contributed by atoms with E-state index in [4.69, 9.17) is 4.52 Å². The number of likely N-dealkylation sites (tertiary alicyclic amines) is 1. The summed E-state index contributed by atoms with van der Waals surface area (Å²) in [4.78, 5) is 27.9. The van der Waals surface area contributed by atoms with Crippen molar-refractivity contribution in [3.05, 3.63) is 48.4 Å². The van der Waals surface area contributed by atoms with Gasteiger partial charge in [-0.15, -0.1) is 0 Å². The summed E-state index contributed by atoms with van der Waals surface area (Å²) in [5.74, 6) is 0.916. The van der Waals surface area contributed by atoms with Gasteiger partial charge in [-0.3, -0.25) is 9.69 Å². The predicted octanol–water partition coefficient (Wildman–Crippen LogP) is 1.19. The fourth-order valence-corrected chi connectivity index (χ4v) is 3.95. The molecule has 2 saturated heterocycles. The van der Waals surface area contributed by atoms with Crippen LogP contribution in [0.1, 0.15) is 5.69 Å².